The first-order valence-electron chi connectivity index (χ1n) is 7.39. The summed E-state index contributed by atoms with van der Waals surface area (Å²) in [7, 11) is 1.59. The number of hydrogen-bond acceptors (Lipinski definition) is 4. The van der Waals surface area contributed by atoms with Crippen molar-refractivity contribution in [1.29, 1.82) is 0 Å². The summed E-state index contributed by atoms with van der Waals surface area (Å²) in [6, 6.07) is 10.6. The topological polar surface area (TPSA) is 68.5 Å². The van der Waals surface area contributed by atoms with E-state index in [4.69, 9.17) is 4.74 Å². The molecule has 0 radical (unpaired) electrons. The van der Waals surface area contributed by atoms with Crippen LogP contribution in [0.25, 0.3) is 5.65 Å². The van der Waals surface area contributed by atoms with Gasteiger partial charge in [0.15, 0.2) is 11.5 Å². The van der Waals surface area contributed by atoms with Crippen molar-refractivity contribution in [1.82, 2.24) is 14.6 Å². The quantitative estimate of drug-likeness (QED) is 0.804. The van der Waals surface area contributed by atoms with Gasteiger partial charge in [-0.25, -0.2) is 9.50 Å². The molecule has 0 aliphatic carbocycles. The van der Waals surface area contributed by atoms with Crippen LogP contribution in [0.1, 0.15) is 35.9 Å². The molecule has 0 fully saturated rings. The lowest BCUT2D eigenvalue weighted by atomic mass is 10.2. The molecule has 0 aliphatic heterocycles. The van der Waals surface area contributed by atoms with Crippen LogP contribution in [-0.4, -0.2) is 27.6 Å². The first-order chi connectivity index (χ1) is 11.1. The van der Waals surface area contributed by atoms with Crippen LogP contribution >= 0.6 is 0 Å². The van der Waals surface area contributed by atoms with E-state index in [0.717, 1.165) is 5.82 Å². The molecule has 0 bridgehead atoms. The number of fused-ring (bicyclic) bond motifs is 1. The van der Waals surface area contributed by atoms with Crippen LogP contribution in [0.5, 0.6) is 5.75 Å². The van der Waals surface area contributed by atoms with E-state index in [1.54, 1.807) is 35.9 Å². The minimum atomic E-state index is -0.199. The second-order valence-corrected chi connectivity index (χ2v) is 5.50. The zero-order valence-corrected chi connectivity index (χ0v) is 13.3. The second kappa shape index (κ2) is 6.08. The van der Waals surface area contributed by atoms with Gasteiger partial charge in [0.05, 0.1) is 12.8 Å². The average molecular weight is 310 g/mol. The van der Waals surface area contributed by atoms with E-state index in [0.29, 0.717) is 22.6 Å². The maximum atomic E-state index is 12.4. The Hall–Kier alpha value is -2.89. The smallest absolute Gasteiger partial charge is 0.255 e. The van der Waals surface area contributed by atoms with Crippen molar-refractivity contribution in [2.75, 3.05) is 12.4 Å². The number of rotatable bonds is 4. The molecule has 118 valence electrons. The summed E-state index contributed by atoms with van der Waals surface area (Å²) in [6.07, 6.45) is 1.82. The van der Waals surface area contributed by atoms with Crippen LogP contribution in [-0.2, 0) is 0 Å². The van der Waals surface area contributed by atoms with E-state index in [-0.39, 0.29) is 11.8 Å². The molecule has 6 heteroatoms. The third-order valence-corrected chi connectivity index (χ3v) is 3.50. The summed E-state index contributed by atoms with van der Waals surface area (Å²) in [5.41, 5.74) is 1.82. The fraction of sp³-hybridized carbons (Fsp3) is 0.235. The molecule has 2 heterocycles. The lowest BCUT2D eigenvalue weighted by Crippen LogP contribution is -2.12. The number of methoxy groups -OCH3 is 1. The van der Waals surface area contributed by atoms with Crippen LogP contribution in [0.3, 0.4) is 0 Å². The first kappa shape index (κ1) is 15.0. The van der Waals surface area contributed by atoms with Gasteiger partial charge in [-0.2, -0.15) is 5.10 Å². The number of amides is 1. The largest absolute Gasteiger partial charge is 0.497 e. The standard InChI is InChI=1S/C17H18N4O2/c1-11(2)15-19-16-14(5-4-10-21(16)20-15)18-17(22)12-6-8-13(23-3)9-7-12/h4-11H,1-3H3,(H,18,22). The molecular formula is C17H18N4O2. The van der Waals surface area contributed by atoms with Crippen molar-refractivity contribution in [3.05, 3.63) is 54.0 Å². The molecule has 0 unspecified atom stereocenters. The molecule has 0 saturated carbocycles. The van der Waals surface area contributed by atoms with E-state index in [9.17, 15) is 4.79 Å². The highest BCUT2D eigenvalue weighted by Gasteiger charge is 2.13. The highest BCUT2D eigenvalue weighted by molar-refractivity contribution is 6.06. The van der Waals surface area contributed by atoms with Crippen LogP contribution in [0, 0.1) is 0 Å². The molecular weight excluding hydrogens is 292 g/mol. The number of aromatic nitrogens is 3. The lowest BCUT2D eigenvalue weighted by Gasteiger charge is -2.06. The summed E-state index contributed by atoms with van der Waals surface area (Å²) < 4.78 is 6.78. The van der Waals surface area contributed by atoms with E-state index >= 15 is 0 Å². The lowest BCUT2D eigenvalue weighted by molar-refractivity contribution is 0.102. The predicted octanol–water partition coefficient (Wildman–Crippen LogP) is 3.11. The Labute approximate surface area is 134 Å². The normalized spacial score (nSPS) is 11.0. The number of hydrogen-bond donors (Lipinski definition) is 1. The maximum absolute atomic E-state index is 12.4. The molecule has 3 rings (SSSR count). The first-order valence-corrected chi connectivity index (χ1v) is 7.39. The molecule has 1 aromatic carbocycles. The Morgan fingerprint density at radius 1 is 1.22 bits per heavy atom. The van der Waals surface area contributed by atoms with Crippen LogP contribution < -0.4 is 10.1 Å². The van der Waals surface area contributed by atoms with Gasteiger partial charge in [0.1, 0.15) is 5.75 Å². The molecule has 0 aliphatic rings. The van der Waals surface area contributed by atoms with Crippen LogP contribution in [0.4, 0.5) is 5.69 Å². The predicted molar refractivity (Wildman–Crippen MR) is 88.0 cm³/mol. The summed E-state index contributed by atoms with van der Waals surface area (Å²) in [5, 5.41) is 7.30. The molecule has 1 N–H and O–H groups in total. The van der Waals surface area contributed by atoms with Crippen LogP contribution in [0.2, 0.25) is 0 Å². The Bertz CT molecular complexity index is 837. The third-order valence-electron chi connectivity index (χ3n) is 3.50. The van der Waals surface area contributed by atoms with Gasteiger partial charge >= 0.3 is 0 Å². The summed E-state index contributed by atoms with van der Waals surface area (Å²) >= 11 is 0. The van der Waals surface area contributed by atoms with Crippen molar-refractivity contribution in [3.63, 3.8) is 0 Å². The maximum Gasteiger partial charge on any atom is 0.255 e. The Balaban J connectivity index is 1.89. The molecule has 1 amide bonds. The van der Waals surface area contributed by atoms with Crippen molar-refractivity contribution >= 4 is 17.2 Å². The van der Waals surface area contributed by atoms with Gasteiger partial charge in [0.25, 0.3) is 5.91 Å². The van der Waals surface area contributed by atoms with E-state index < -0.39 is 0 Å². The molecule has 0 spiro atoms. The average Bonchev–Trinajstić information content (AvgIpc) is 3.00. The highest BCUT2D eigenvalue weighted by Crippen LogP contribution is 2.19. The molecule has 3 aromatic rings. The Morgan fingerprint density at radius 2 is 1.96 bits per heavy atom. The van der Waals surface area contributed by atoms with Crippen molar-refractivity contribution in [2.24, 2.45) is 0 Å². The summed E-state index contributed by atoms with van der Waals surface area (Å²) in [6.45, 7) is 4.06. The Morgan fingerprint density at radius 3 is 2.61 bits per heavy atom. The van der Waals surface area contributed by atoms with Crippen LogP contribution in [0.15, 0.2) is 42.6 Å². The van der Waals surface area contributed by atoms with E-state index in [1.165, 1.54) is 0 Å². The number of carbonyl (C=O) groups excluding carboxylic acids is 1. The van der Waals surface area contributed by atoms with Gasteiger partial charge in [0.2, 0.25) is 0 Å². The number of ether oxygens (including phenoxy) is 1. The molecule has 0 saturated heterocycles. The van der Waals surface area contributed by atoms with Crippen molar-refractivity contribution < 1.29 is 9.53 Å². The fourth-order valence-electron chi connectivity index (χ4n) is 2.20. The van der Waals surface area contributed by atoms with Gasteiger partial charge in [-0.1, -0.05) is 13.8 Å². The van der Waals surface area contributed by atoms with Gasteiger partial charge < -0.3 is 10.1 Å². The molecule has 0 atom stereocenters. The Kier molecular flexibility index (Phi) is 3.97. The molecule has 6 nitrogen and oxygen atoms in total. The molecule has 23 heavy (non-hydrogen) atoms. The van der Waals surface area contributed by atoms with Gasteiger partial charge in [-0.3, -0.25) is 4.79 Å². The van der Waals surface area contributed by atoms with Crippen molar-refractivity contribution in [2.45, 2.75) is 19.8 Å². The fourth-order valence-corrected chi connectivity index (χ4v) is 2.20. The zero-order valence-electron chi connectivity index (χ0n) is 13.3. The van der Waals surface area contributed by atoms with Gasteiger partial charge in [-0.05, 0) is 36.4 Å². The zero-order chi connectivity index (χ0) is 16.4. The van der Waals surface area contributed by atoms with Gasteiger partial charge in [-0.15, -0.1) is 0 Å². The SMILES string of the molecule is COc1ccc(C(=O)Nc2cccn3nc(C(C)C)nc23)cc1. The van der Waals surface area contributed by atoms with E-state index in [2.05, 4.69) is 15.4 Å². The molecule has 2 aromatic heterocycles. The highest BCUT2D eigenvalue weighted by atomic mass is 16.5. The third kappa shape index (κ3) is 3.01. The number of pyridine rings is 1. The minimum absolute atomic E-state index is 0.199. The number of anilines is 1. The second-order valence-electron chi connectivity index (χ2n) is 5.50. The summed E-state index contributed by atoms with van der Waals surface area (Å²) in [5.74, 6) is 1.48. The minimum Gasteiger partial charge on any atom is -0.497 e. The van der Waals surface area contributed by atoms with Crippen molar-refractivity contribution in [3.8, 4) is 5.75 Å². The number of benzene rings is 1. The van der Waals surface area contributed by atoms with E-state index in [1.807, 2.05) is 32.2 Å². The van der Waals surface area contributed by atoms with Gasteiger partial charge in [0, 0.05) is 17.7 Å². The number of carbonyl (C=O) groups is 1. The monoisotopic (exact) mass is 310 g/mol. The number of nitrogens with zero attached hydrogens (tertiary/aromatic N) is 3. The summed E-state index contributed by atoms with van der Waals surface area (Å²) in [4.78, 5) is 16.9. The number of nitrogens with one attached hydrogen (secondary N) is 1.